The second kappa shape index (κ2) is 18.1. The highest BCUT2D eigenvalue weighted by molar-refractivity contribution is 5.66. The number of carbonyl (C=O) groups is 1. The van der Waals surface area contributed by atoms with E-state index in [4.69, 9.17) is 33.2 Å². The van der Waals surface area contributed by atoms with E-state index in [0.29, 0.717) is 32.1 Å². The number of fused-ring (bicyclic) bond motifs is 2. The number of rotatable bonds is 12. The molecule has 3 saturated heterocycles. The van der Waals surface area contributed by atoms with Gasteiger partial charge in [-0.3, -0.25) is 4.79 Å². The molecular weight excluding hydrogens is 877 g/mol. The second-order valence-electron chi connectivity index (χ2n) is 24.0. The average molecular weight is 959 g/mol. The molecule has 0 aromatic heterocycles. The first-order valence-corrected chi connectivity index (χ1v) is 25.0. The minimum absolute atomic E-state index is 0.0351. The van der Waals surface area contributed by atoms with E-state index in [-0.39, 0.29) is 57.9 Å². The highest BCUT2D eigenvalue weighted by atomic mass is 16.7. The Bertz CT molecular complexity index is 1790. The Labute approximate surface area is 394 Å². The molecule has 67 heavy (non-hydrogen) atoms. The van der Waals surface area contributed by atoms with Gasteiger partial charge in [-0.15, -0.1) is 0 Å². The summed E-state index contributed by atoms with van der Waals surface area (Å²) >= 11 is 0. The molecule has 3 heterocycles. The Hall–Kier alpha value is -1.17. The smallest absolute Gasteiger partial charge is 0.302 e. The molecule has 5 aliphatic carbocycles. The van der Waals surface area contributed by atoms with E-state index in [0.717, 1.165) is 25.7 Å². The molecule has 8 fully saturated rings. The van der Waals surface area contributed by atoms with Crippen LogP contribution in [0.2, 0.25) is 0 Å². The molecule has 0 aromatic rings. The van der Waals surface area contributed by atoms with Crippen LogP contribution in [0.1, 0.15) is 127 Å². The van der Waals surface area contributed by atoms with E-state index in [1.165, 1.54) is 6.92 Å². The van der Waals surface area contributed by atoms with E-state index in [9.17, 15) is 55.9 Å². The summed E-state index contributed by atoms with van der Waals surface area (Å²) in [6.07, 6.45) is -14.5. The van der Waals surface area contributed by atoms with Gasteiger partial charge < -0.3 is 84.2 Å². The molecule has 0 radical (unpaired) electrons. The highest BCUT2D eigenvalue weighted by Gasteiger charge is 2.85. The van der Waals surface area contributed by atoms with Gasteiger partial charge in [-0.25, -0.2) is 0 Å². The lowest BCUT2D eigenvalue weighted by atomic mass is 9.41. The zero-order chi connectivity index (χ0) is 49.3. The molecule has 26 unspecified atom stereocenters. The van der Waals surface area contributed by atoms with E-state index >= 15 is 0 Å². The van der Waals surface area contributed by atoms with Crippen LogP contribution in [0.25, 0.3) is 0 Å². The van der Waals surface area contributed by atoms with E-state index in [1.807, 2.05) is 0 Å². The monoisotopic (exact) mass is 959 g/mol. The molecule has 18 nitrogen and oxygen atoms in total. The fourth-order valence-corrected chi connectivity index (χ4v) is 15.9. The fraction of sp³-hybridized carbons (Fsp3) is 0.980. The van der Waals surface area contributed by atoms with Crippen LogP contribution in [-0.2, 0) is 38.0 Å². The number of esters is 1. The quantitative estimate of drug-likeness (QED) is 0.0965. The van der Waals surface area contributed by atoms with Gasteiger partial charge in [0.2, 0.25) is 0 Å². The summed E-state index contributed by atoms with van der Waals surface area (Å²) in [5.74, 6) is -0.612. The summed E-state index contributed by atoms with van der Waals surface area (Å²) in [6, 6.07) is 0. The van der Waals surface area contributed by atoms with Gasteiger partial charge in [-0.1, -0.05) is 34.6 Å². The molecule has 386 valence electrons. The third-order valence-corrected chi connectivity index (χ3v) is 19.7. The van der Waals surface area contributed by atoms with Gasteiger partial charge in [0.1, 0.15) is 61.0 Å². The molecule has 3 aliphatic heterocycles. The van der Waals surface area contributed by atoms with Crippen molar-refractivity contribution in [1.29, 1.82) is 0 Å². The van der Waals surface area contributed by atoms with Crippen LogP contribution in [0.5, 0.6) is 0 Å². The van der Waals surface area contributed by atoms with Crippen molar-refractivity contribution in [1.82, 2.24) is 0 Å². The molecule has 0 aromatic carbocycles. The minimum Gasteiger partial charge on any atom is -0.462 e. The average Bonchev–Trinajstić information content (AvgIpc) is 3.85. The maximum Gasteiger partial charge on any atom is 0.302 e. The second-order valence-corrected chi connectivity index (χ2v) is 24.0. The van der Waals surface area contributed by atoms with Gasteiger partial charge in [0.25, 0.3) is 0 Å². The zero-order valence-electron chi connectivity index (χ0n) is 41.0. The number of hydrogen-bond acceptors (Lipinski definition) is 18. The first-order valence-electron chi connectivity index (χ1n) is 25.0. The predicted molar refractivity (Wildman–Crippen MR) is 235 cm³/mol. The molecule has 26 atom stereocenters. The Morgan fingerprint density at radius 2 is 1.30 bits per heavy atom. The summed E-state index contributed by atoms with van der Waals surface area (Å²) < 4.78 is 43.6. The van der Waals surface area contributed by atoms with Gasteiger partial charge >= 0.3 is 5.97 Å². The van der Waals surface area contributed by atoms with Crippen molar-refractivity contribution in [3.05, 3.63) is 0 Å². The summed E-state index contributed by atoms with van der Waals surface area (Å²) in [6.45, 7) is 18.9. The van der Waals surface area contributed by atoms with Crippen molar-refractivity contribution >= 4 is 5.97 Å². The third kappa shape index (κ3) is 8.28. The number of ether oxygens (including phenoxy) is 7. The van der Waals surface area contributed by atoms with Gasteiger partial charge in [0.15, 0.2) is 18.9 Å². The summed E-state index contributed by atoms with van der Waals surface area (Å²) in [5, 5.41) is 108. The van der Waals surface area contributed by atoms with E-state index in [2.05, 4.69) is 34.6 Å². The SMILES string of the molecule is CC(=O)OC1CC2(C)C3CC(OC4OC(C)C(O)C(O)C4O)C4C(C)(C)C(OC5OC(C)C(O)C(O)C5O)CCC45CC35CCC2(C)C1C(C)CCC(O)C(C)(C)OC1OCC(O)C(O)C1O. The Balaban J connectivity index is 1.08. The Morgan fingerprint density at radius 1 is 0.716 bits per heavy atom. The maximum absolute atomic E-state index is 13.0. The normalized spacial score (nSPS) is 53.6. The number of aliphatic hydroxyl groups is 10. The molecule has 10 N–H and O–H groups in total. The first kappa shape index (κ1) is 52.2. The van der Waals surface area contributed by atoms with Crippen molar-refractivity contribution < 1.29 is 89.0 Å². The van der Waals surface area contributed by atoms with Crippen molar-refractivity contribution in [3.63, 3.8) is 0 Å². The number of hydrogen-bond donors (Lipinski definition) is 10. The van der Waals surface area contributed by atoms with Crippen LogP contribution in [0.15, 0.2) is 0 Å². The van der Waals surface area contributed by atoms with Crippen LogP contribution < -0.4 is 0 Å². The van der Waals surface area contributed by atoms with Crippen LogP contribution in [0.4, 0.5) is 0 Å². The molecule has 8 rings (SSSR count). The van der Waals surface area contributed by atoms with Crippen molar-refractivity contribution in [2.45, 2.75) is 243 Å². The van der Waals surface area contributed by atoms with Crippen molar-refractivity contribution in [3.8, 4) is 0 Å². The standard InChI is InChI=1S/C49H82O18/c1-21(11-12-29(52)45(7,8)67-41-37(58)34(55)25(51)19-61-41)31-27(64-24(4)50)18-47(10)28-17-26(65-42-38(59)35(56)32(53)22(2)62-42)40-44(5,6)30(66-43-39(60)36(57)33(54)23(3)63-43)13-14-49(40)20-48(28,49)16-15-46(31,47)9/h21-23,25-43,51-60H,11-20H2,1-10H3. The van der Waals surface area contributed by atoms with Crippen LogP contribution in [0, 0.1) is 50.7 Å². The molecule has 0 bridgehead atoms. The number of carbonyl (C=O) groups excluding carboxylic acids is 1. The lowest BCUT2D eigenvalue weighted by Crippen LogP contribution is -2.65. The van der Waals surface area contributed by atoms with Gasteiger partial charge in [0, 0.05) is 12.8 Å². The summed E-state index contributed by atoms with van der Waals surface area (Å²) in [5.41, 5.74) is -2.94. The fourth-order valence-electron chi connectivity index (χ4n) is 15.9. The van der Waals surface area contributed by atoms with Crippen LogP contribution in [-0.4, -0.2) is 180 Å². The van der Waals surface area contributed by atoms with Crippen molar-refractivity contribution in [2.24, 2.45) is 50.7 Å². The zero-order valence-corrected chi connectivity index (χ0v) is 41.0. The topological polar surface area (TPSA) is 284 Å². The van der Waals surface area contributed by atoms with Gasteiger partial charge in [0.05, 0.1) is 42.7 Å². The summed E-state index contributed by atoms with van der Waals surface area (Å²) in [4.78, 5) is 13.0. The molecule has 5 saturated carbocycles. The molecule has 18 heteroatoms. The molecule has 0 amide bonds. The van der Waals surface area contributed by atoms with Gasteiger partial charge in [-0.05, 0) is 130 Å². The number of aliphatic hydroxyl groups excluding tert-OH is 10. The molecule has 8 aliphatic rings. The Kier molecular flexibility index (Phi) is 14.1. The molecular formula is C49H82O18. The van der Waals surface area contributed by atoms with Gasteiger partial charge in [-0.2, -0.15) is 0 Å². The minimum atomic E-state index is -1.53. The maximum atomic E-state index is 13.0. The third-order valence-electron chi connectivity index (χ3n) is 19.7. The predicted octanol–water partition coefficient (Wildman–Crippen LogP) is 1.01. The highest BCUT2D eigenvalue weighted by Crippen LogP contribution is 2.89. The lowest BCUT2D eigenvalue weighted by molar-refractivity contribution is -0.340. The summed E-state index contributed by atoms with van der Waals surface area (Å²) in [7, 11) is 0. The van der Waals surface area contributed by atoms with E-state index < -0.39 is 121 Å². The van der Waals surface area contributed by atoms with Crippen LogP contribution in [0.3, 0.4) is 0 Å². The van der Waals surface area contributed by atoms with Crippen LogP contribution >= 0.6 is 0 Å². The van der Waals surface area contributed by atoms with Crippen molar-refractivity contribution in [2.75, 3.05) is 6.61 Å². The largest absolute Gasteiger partial charge is 0.462 e. The first-order chi connectivity index (χ1) is 31.1. The lowest BCUT2D eigenvalue weighted by Gasteiger charge is -2.65. The van der Waals surface area contributed by atoms with E-state index in [1.54, 1.807) is 27.7 Å². The molecule has 2 spiro atoms. The Morgan fingerprint density at radius 3 is 1.90 bits per heavy atom.